The van der Waals surface area contributed by atoms with Crippen LogP contribution in [0.1, 0.15) is 5.56 Å². The van der Waals surface area contributed by atoms with Gasteiger partial charge >= 0.3 is 0 Å². The quantitative estimate of drug-likeness (QED) is 0.719. The van der Waals surface area contributed by atoms with Gasteiger partial charge < -0.3 is 11.1 Å². The molecule has 0 saturated carbocycles. The summed E-state index contributed by atoms with van der Waals surface area (Å²) in [6.45, 7) is 0. The number of benzene rings is 2. The molecule has 0 aliphatic heterocycles. The van der Waals surface area contributed by atoms with Gasteiger partial charge in [-0.15, -0.1) is 0 Å². The van der Waals surface area contributed by atoms with E-state index >= 15 is 0 Å². The van der Waals surface area contributed by atoms with E-state index in [1.165, 1.54) is 0 Å². The predicted molar refractivity (Wildman–Crippen MR) is 85.9 cm³/mol. The summed E-state index contributed by atoms with van der Waals surface area (Å²) < 4.78 is 8.45. The zero-order chi connectivity index (χ0) is 14.8. The lowest BCUT2D eigenvalue weighted by atomic mass is 10.1. The number of hydrogen-bond acceptors (Lipinski definition) is 6. The Bertz CT molecular complexity index is 852. The second kappa shape index (κ2) is 5.56. The number of nitrogens with zero attached hydrogens (tertiary/aromatic N) is 3. The van der Waals surface area contributed by atoms with Gasteiger partial charge in [-0.3, -0.25) is 0 Å². The molecule has 21 heavy (non-hydrogen) atoms. The third-order valence-corrected chi connectivity index (χ3v) is 3.92. The molecule has 0 aliphatic rings. The van der Waals surface area contributed by atoms with Gasteiger partial charge in [0.1, 0.15) is 11.0 Å². The highest BCUT2D eigenvalue weighted by molar-refractivity contribution is 7.00. The minimum Gasteiger partial charge on any atom is -0.398 e. The lowest BCUT2D eigenvalue weighted by Crippen LogP contribution is -1.97. The van der Waals surface area contributed by atoms with Gasteiger partial charge in [0, 0.05) is 11.4 Å². The lowest BCUT2D eigenvalue weighted by Gasteiger charge is -2.11. The first kappa shape index (κ1) is 13.6. The Labute approximate surface area is 130 Å². The second-order valence-electron chi connectivity index (χ2n) is 4.43. The maximum absolute atomic E-state index is 8.82. The van der Waals surface area contributed by atoms with Gasteiger partial charge in [0.25, 0.3) is 0 Å². The second-order valence-corrected chi connectivity index (χ2v) is 5.36. The monoisotopic (exact) mass is 315 g/mol. The molecule has 2 aromatic carbocycles. The number of hydrogen-bond donors (Lipinski definition) is 2. The highest BCUT2D eigenvalue weighted by Gasteiger charge is 2.11. The molecule has 0 fully saturated rings. The fourth-order valence-electron chi connectivity index (χ4n) is 2.01. The minimum absolute atomic E-state index is 0.261. The first-order valence-electron chi connectivity index (χ1n) is 6.12. The molecule has 104 valence electrons. The molecule has 0 saturated heterocycles. The van der Waals surface area contributed by atoms with E-state index in [4.69, 9.17) is 22.6 Å². The fourth-order valence-corrected chi connectivity index (χ4v) is 2.75. The van der Waals surface area contributed by atoms with E-state index in [0.29, 0.717) is 16.4 Å². The van der Waals surface area contributed by atoms with E-state index in [2.05, 4.69) is 20.1 Å². The average molecular weight is 316 g/mol. The molecule has 3 N–H and O–H groups in total. The Morgan fingerprint density at radius 1 is 1.29 bits per heavy atom. The van der Waals surface area contributed by atoms with Crippen molar-refractivity contribution >= 4 is 51.4 Å². The van der Waals surface area contributed by atoms with Crippen LogP contribution < -0.4 is 11.1 Å². The summed E-state index contributed by atoms with van der Waals surface area (Å²) in [5.74, 6) is 0. The van der Waals surface area contributed by atoms with Gasteiger partial charge in [-0.2, -0.15) is 14.0 Å². The molecule has 1 aromatic heterocycles. The van der Waals surface area contributed by atoms with Gasteiger partial charge in [-0.1, -0.05) is 11.6 Å². The zero-order valence-electron chi connectivity index (χ0n) is 10.8. The van der Waals surface area contributed by atoms with Gasteiger partial charge in [0.15, 0.2) is 0 Å². The van der Waals surface area contributed by atoms with Crippen molar-refractivity contribution in [2.75, 3.05) is 11.1 Å². The summed E-state index contributed by atoms with van der Waals surface area (Å²) >= 11 is 7.38. The summed E-state index contributed by atoms with van der Waals surface area (Å²) in [6, 6.07) is 11.2. The molecular formula is C14H10ClN5S. The normalized spacial score (nSPS) is 10.5. The van der Waals surface area contributed by atoms with Gasteiger partial charge in [0.2, 0.25) is 0 Å². The molecule has 3 rings (SSSR count). The number of nitrogens with one attached hydrogen (secondary N) is 1. The van der Waals surface area contributed by atoms with Gasteiger partial charge in [0.05, 0.1) is 34.9 Å². The number of anilines is 3. The van der Waals surface area contributed by atoms with E-state index in [1.807, 2.05) is 18.2 Å². The van der Waals surface area contributed by atoms with Crippen molar-refractivity contribution in [2.24, 2.45) is 0 Å². The Morgan fingerprint density at radius 2 is 2.14 bits per heavy atom. The maximum Gasteiger partial charge on any atom is 0.129 e. The topological polar surface area (TPSA) is 87.6 Å². The highest BCUT2D eigenvalue weighted by Crippen LogP contribution is 2.33. The van der Waals surface area contributed by atoms with Crippen LogP contribution in [0.5, 0.6) is 0 Å². The molecule has 7 heteroatoms. The van der Waals surface area contributed by atoms with Crippen molar-refractivity contribution in [3.05, 3.63) is 40.9 Å². The zero-order valence-corrected chi connectivity index (χ0v) is 12.4. The molecule has 1 heterocycles. The van der Waals surface area contributed by atoms with Crippen LogP contribution in [0, 0.1) is 11.3 Å². The Kier molecular flexibility index (Phi) is 3.60. The van der Waals surface area contributed by atoms with E-state index in [-0.39, 0.29) is 6.42 Å². The predicted octanol–water partition coefficient (Wildman–Crippen LogP) is 3.74. The average Bonchev–Trinajstić information content (AvgIpc) is 2.94. The third-order valence-electron chi connectivity index (χ3n) is 3.06. The van der Waals surface area contributed by atoms with E-state index in [0.717, 1.165) is 34.0 Å². The fraction of sp³-hybridized carbons (Fsp3) is 0.0714. The SMILES string of the molecule is N#CCc1cc(Nc2c(Cl)ccc3nsnc23)ccc1N. The number of nitrogen functional groups attached to an aromatic ring is 1. The summed E-state index contributed by atoms with van der Waals surface area (Å²) in [5, 5.41) is 12.6. The molecule has 0 aliphatic carbocycles. The van der Waals surface area contributed by atoms with Crippen molar-refractivity contribution in [3.8, 4) is 6.07 Å². The van der Waals surface area contributed by atoms with Crippen LogP contribution in [0.15, 0.2) is 30.3 Å². The van der Waals surface area contributed by atoms with Crippen molar-refractivity contribution in [3.63, 3.8) is 0 Å². The number of rotatable bonds is 3. The third kappa shape index (κ3) is 2.61. The molecule has 0 atom stereocenters. The lowest BCUT2D eigenvalue weighted by molar-refractivity contribution is 1.27. The summed E-state index contributed by atoms with van der Waals surface area (Å²) in [4.78, 5) is 0. The van der Waals surface area contributed by atoms with Crippen molar-refractivity contribution in [1.29, 1.82) is 5.26 Å². The van der Waals surface area contributed by atoms with E-state index < -0.39 is 0 Å². The number of fused-ring (bicyclic) bond motifs is 1. The van der Waals surface area contributed by atoms with Crippen LogP contribution >= 0.6 is 23.3 Å². The van der Waals surface area contributed by atoms with Gasteiger partial charge in [-0.25, -0.2) is 0 Å². The maximum atomic E-state index is 8.82. The highest BCUT2D eigenvalue weighted by atomic mass is 35.5. The van der Waals surface area contributed by atoms with Crippen LogP contribution in [0.25, 0.3) is 11.0 Å². The van der Waals surface area contributed by atoms with E-state index in [9.17, 15) is 0 Å². The molecule has 0 radical (unpaired) electrons. The molecule has 3 aromatic rings. The summed E-state index contributed by atoms with van der Waals surface area (Å²) in [7, 11) is 0. The van der Waals surface area contributed by atoms with E-state index in [1.54, 1.807) is 12.1 Å². The number of halogens is 1. The first-order chi connectivity index (χ1) is 10.2. The number of aromatic nitrogens is 2. The summed E-state index contributed by atoms with van der Waals surface area (Å²) in [6.07, 6.45) is 0.261. The largest absolute Gasteiger partial charge is 0.398 e. The van der Waals surface area contributed by atoms with Crippen LogP contribution in [0.3, 0.4) is 0 Å². The number of nitrogens with two attached hydrogens (primary N) is 1. The molecule has 5 nitrogen and oxygen atoms in total. The van der Waals surface area contributed by atoms with Crippen LogP contribution in [-0.4, -0.2) is 8.75 Å². The number of nitriles is 1. The molecule has 0 unspecified atom stereocenters. The molecule has 0 spiro atoms. The Hall–Kier alpha value is -2.36. The Balaban J connectivity index is 2.03. The minimum atomic E-state index is 0.261. The standard InChI is InChI=1S/C14H10ClN5S/c15-10-2-4-12-14(20-21-19-12)13(10)18-9-1-3-11(17)8(7-9)5-6-16/h1-4,7,18H,5,17H2. The van der Waals surface area contributed by atoms with Crippen LogP contribution in [-0.2, 0) is 6.42 Å². The van der Waals surface area contributed by atoms with Crippen molar-refractivity contribution < 1.29 is 0 Å². The van der Waals surface area contributed by atoms with Crippen LogP contribution in [0.4, 0.5) is 17.1 Å². The van der Waals surface area contributed by atoms with Crippen LogP contribution in [0.2, 0.25) is 5.02 Å². The summed E-state index contributed by atoms with van der Waals surface area (Å²) in [5.41, 5.74) is 10.3. The molecule has 0 amide bonds. The first-order valence-corrected chi connectivity index (χ1v) is 7.23. The smallest absolute Gasteiger partial charge is 0.129 e. The van der Waals surface area contributed by atoms with Crippen molar-refractivity contribution in [1.82, 2.24) is 8.75 Å². The molecular weight excluding hydrogens is 306 g/mol. The van der Waals surface area contributed by atoms with Crippen molar-refractivity contribution in [2.45, 2.75) is 6.42 Å². The van der Waals surface area contributed by atoms with Gasteiger partial charge in [-0.05, 0) is 35.9 Å². The Morgan fingerprint density at radius 3 is 2.95 bits per heavy atom. The molecule has 0 bridgehead atoms.